The average molecular weight is 822 g/mol. The number of hydrogen-bond donors (Lipinski definition) is 0. The first-order valence-electron chi connectivity index (χ1n) is 21.2. The number of thiophene rings is 1. The second-order valence-electron chi connectivity index (χ2n) is 16.0. The van der Waals surface area contributed by atoms with E-state index in [-0.39, 0.29) is 0 Å². The molecule has 0 saturated carbocycles. The van der Waals surface area contributed by atoms with E-state index in [4.69, 9.17) is 15.0 Å². The Labute approximate surface area is 366 Å². The molecule has 6 heteroatoms. The molecule has 13 rings (SSSR count). The maximum atomic E-state index is 5.13. The highest BCUT2D eigenvalue weighted by Gasteiger charge is 2.23. The Bertz CT molecular complexity index is 3830. The molecule has 0 aliphatic rings. The molecule has 0 bridgehead atoms. The topological polar surface area (TPSA) is 48.5 Å². The molecule has 0 radical (unpaired) electrons. The van der Waals surface area contributed by atoms with E-state index in [9.17, 15) is 0 Å². The lowest BCUT2D eigenvalue weighted by Crippen LogP contribution is -2.00. The number of benzene rings is 9. The van der Waals surface area contributed by atoms with Crippen LogP contribution in [0.2, 0.25) is 0 Å². The summed E-state index contributed by atoms with van der Waals surface area (Å²) in [6, 6.07) is 75.6. The summed E-state index contributed by atoms with van der Waals surface area (Å²) in [5, 5.41) is 7.31. The van der Waals surface area contributed by atoms with Crippen LogP contribution >= 0.6 is 11.3 Å². The van der Waals surface area contributed by atoms with E-state index >= 15 is 0 Å². The van der Waals surface area contributed by atoms with Gasteiger partial charge in [-0.15, -0.1) is 11.3 Å². The van der Waals surface area contributed by atoms with Crippen LogP contribution in [0.1, 0.15) is 0 Å². The summed E-state index contributed by atoms with van der Waals surface area (Å²) in [7, 11) is 0. The molecule has 294 valence electrons. The van der Waals surface area contributed by atoms with E-state index in [1.807, 2.05) is 47.7 Å². The van der Waals surface area contributed by atoms with Crippen LogP contribution in [-0.4, -0.2) is 24.1 Å². The fourth-order valence-corrected chi connectivity index (χ4v) is 10.9. The van der Waals surface area contributed by atoms with Crippen molar-refractivity contribution in [3.8, 4) is 56.7 Å². The standard InChI is InChI=1S/C57H35N5S/c1-5-17-36(18-6-1)55-58-56(37-19-7-2-8-20-37)60-57(59-55)47-29-16-28-46-45-27-15-26-41(53(45)63-54(46)47)38-31-34-50-48(35-38)44-33-32-43-42-25-13-14-30-49(42)61(39-21-9-3-10-22-39)51(43)52(44)62(50)40-23-11-4-12-24-40/h1-35H. The number of hydrogen-bond acceptors (Lipinski definition) is 4. The Morgan fingerprint density at radius 1 is 0.302 bits per heavy atom. The highest BCUT2D eigenvalue weighted by molar-refractivity contribution is 7.26. The van der Waals surface area contributed by atoms with Crippen molar-refractivity contribution in [3.05, 3.63) is 212 Å². The van der Waals surface area contributed by atoms with E-state index in [2.05, 4.69) is 185 Å². The van der Waals surface area contributed by atoms with Crippen molar-refractivity contribution in [1.82, 2.24) is 24.1 Å². The zero-order chi connectivity index (χ0) is 41.4. The van der Waals surface area contributed by atoms with Gasteiger partial charge in [0, 0.05) is 69.8 Å². The summed E-state index contributed by atoms with van der Waals surface area (Å²) in [4.78, 5) is 15.2. The summed E-state index contributed by atoms with van der Waals surface area (Å²) in [5.41, 5.74) is 12.3. The van der Waals surface area contributed by atoms with Crippen molar-refractivity contribution in [2.75, 3.05) is 0 Å². The molecule has 0 aliphatic heterocycles. The quantitative estimate of drug-likeness (QED) is 0.168. The van der Waals surface area contributed by atoms with Crippen LogP contribution < -0.4 is 0 Å². The third-order valence-electron chi connectivity index (χ3n) is 12.4. The van der Waals surface area contributed by atoms with Crippen molar-refractivity contribution in [2.24, 2.45) is 0 Å². The molecule has 0 spiro atoms. The summed E-state index contributed by atoms with van der Waals surface area (Å²) in [6.07, 6.45) is 0. The highest BCUT2D eigenvalue weighted by Crippen LogP contribution is 2.46. The molecule has 0 fully saturated rings. The van der Waals surface area contributed by atoms with Gasteiger partial charge >= 0.3 is 0 Å². The molecule has 4 aromatic heterocycles. The van der Waals surface area contributed by atoms with Gasteiger partial charge in [-0.2, -0.15) is 0 Å². The Kier molecular flexibility index (Phi) is 8.01. The molecule has 0 aliphatic carbocycles. The van der Waals surface area contributed by atoms with E-state index in [1.165, 1.54) is 70.2 Å². The fraction of sp³-hybridized carbons (Fsp3) is 0. The first-order chi connectivity index (χ1) is 31.3. The van der Waals surface area contributed by atoms with Crippen molar-refractivity contribution in [3.63, 3.8) is 0 Å². The molecule has 9 aromatic carbocycles. The Morgan fingerprint density at radius 2 is 0.762 bits per heavy atom. The first kappa shape index (κ1) is 35.6. The van der Waals surface area contributed by atoms with Crippen molar-refractivity contribution < 1.29 is 0 Å². The lowest BCUT2D eigenvalue weighted by molar-refractivity contribution is 1.08. The number of nitrogens with zero attached hydrogens (tertiary/aromatic N) is 5. The van der Waals surface area contributed by atoms with Crippen LogP contribution in [0.3, 0.4) is 0 Å². The second-order valence-corrected chi connectivity index (χ2v) is 17.0. The minimum absolute atomic E-state index is 0.655. The minimum Gasteiger partial charge on any atom is -0.307 e. The van der Waals surface area contributed by atoms with Gasteiger partial charge < -0.3 is 9.13 Å². The largest absolute Gasteiger partial charge is 0.307 e. The van der Waals surface area contributed by atoms with Gasteiger partial charge in [0.15, 0.2) is 17.5 Å². The van der Waals surface area contributed by atoms with E-state index in [1.54, 1.807) is 0 Å². The predicted octanol–water partition coefficient (Wildman–Crippen LogP) is 15.1. The SMILES string of the molecule is c1ccc(-c2nc(-c3ccccc3)nc(-c3cccc4c3sc3c(-c5ccc6c(c5)c5ccc7c8ccccc8n(-c8ccccc8)c7c5n6-c5ccccc5)cccc34)n2)cc1. The molecule has 13 aromatic rings. The minimum atomic E-state index is 0.655. The molecule has 4 heterocycles. The average Bonchev–Trinajstić information content (AvgIpc) is 4.03. The van der Waals surface area contributed by atoms with Crippen LogP contribution in [0.25, 0.3) is 120 Å². The van der Waals surface area contributed by atoms with Crippen molar-refractivity contribution in [1.29, 1.82) is 0 Å². The molecule has 0 unspecified atom stereocenters. The van der Waals surface area contributed by atoms with Gasteiger partial charge in [0.2, 0.25) is 0 Å². The Balaban J connectivity index is 1.04. The Hall–Kier alpha value is -8.19. The van der Waals surface area contributed by atoms with Gasteiger partial charge in [0.1, 0.15) is 0 Å². The summed E-state index contributed by atoms with van der Waals surface area (Å²) in [5.74, 6) is 1.97. The second kappa shape index (κ2) is 14.2. The molecular weight excluding hydrogens is 787 g/mol. The van der Waals surface area contributed by atoms with Gasteiger partial charge in [-0.3, -0.25) is 0 Å². The monoisotopic (exact) mass is 821 g/mol. The number of para-hydroxylation sites is 3. The molecule has 0 N–H and O–H groups in total. The first-order valence-corrected chi connectivity index (χ1v) is 22.0. The van der Waals surface area contributed by atoms with Crippen molar-refractivity contribution in [2.45, 2.75) is 0 Å². The smallest absolute Gasteiger partial charge is 0.165 e. The number of aromatic nitrogens is 5. The van der Waals surface area contributed by atoms with Gasteiger partial charge in [-0.25, -0.2) is 15.0 Å². The van der Waals surface area contributed by atoms with Gasteiger partial charge in [0.05, 0.1) is 22.1 Å². The third kappa shape index (κ3) is 5.59. The van der Waals surface area contributed by atoms with Crippen LogP contribution in [0.5, 0.6) is 0 Å². The lowest BCUT2D eigenvalue weighted by atomic mass is 10.00. The van der Waals surface area contributed by atoms with Crippen LogP contribution in [0.15, 0.2) is 212 Å². The Morgan fingerprint density at radius 3 is 1.37 bits per heavy atom. The zero-order valence-corrected chi connectivity index (χ0v) is 34.7. The summed E-state index contributed by atoms with van der Waals surface area (Å²) >= 11 is 1.81. The maximum Gasteiger partial charge on any atom is 0.165 e. The normalized spacial score (nSPS) is 11.8. The lowest BCUT2D eigenvalue weighted by Gasteiger charge is -2.12. The summed E-state index contributed by atoms with van der Waals surface area (Å²) < 4.78 is 7.30. The van der Waals surface area contributed by atoms with Crippen molar-refractivity contribution >= 4 is 75.1 Å². The molecule has 63 heavy (non-hydrogen) atoms. The van der Waals surface area contributed by atoms with Crippen LogP contribution in [0.4, 0.5) is 0 Å². The van der Waals surface area contributed by atoms with Crippen LogP contribution in [-0.2, 0) is 0 Å². The zero-order valence-electron chi connectivity index (χ0n) is 33.9. The van der Waals surface area contributed by atoms with E-state index in [0.717, 1.165) is 32.8 Å². The molecule has 0 amide bonds. The fourth-order valence-electron chi connectivity index (χ4n) is 9.56. The van der Waals surface area contributed by atoms with E-state index < -0.39 is 0 Å². The molecule has 5 nitrogen and oxygen atoms in total. The molecule has 0 atom stereocenters. The molecule has 0 saturated heterocycles. The van der Waals surface area contributed by atoms with E-state index in [0.29, 0.717) is 17.5 Å². The number of fused-ring (bicyclic) bond motifs is 10. The van der Waals surface area contributed by atoms with Gasteiger partial charge in [-0.1, -0.05) is 164 Å². The summed E-state index contributed by atoms with van der Waals surface area (Å²) in [6.45, 7) is 0. The highest BCUT2D eigenvalue weighted by atomic mass is 32.1. The molecular formula is C57H35N5S. The van der Waals surface area contributed by atoms with Crippen LogP contribution in [0, 0.1) is 0 Å². The van der Waals surface area contributed by atoms with Gasteiger partial charge in [0.25, 0.3) is 0 Å². The predicted molar refractivity (Wildman–Crippen MR) is 263 cm³/mol. The number of rotatable bonds is 6. The van der Waals surface area contributed by atoms with Gasteiger partial charge in [-0.05, 0) is 59.7 Å². The third-order valence-corrected chi connectivity index (χ3v) is 13.7. The maximum absolute atomic E-state index is 5.13.